The van der Waals surface area contributed by atoms with E-state index >= 15 is 0 Å². The van der Waals surface area contributed by atoms with Crippen molar-refractivity contribution in [2.75, 3.05) is 13.1 Å². The molecule has 0 saturated carbocycles. The molecule has 0 aliphatic rings. The Labute approximate surface area is 111 Å². The topological polar surface area (TPSA) is 69.3 Å². The van der Waals surface area contributed by atoms with Crippen LogP contribution in [0.4, 0.5) is 0 Å². The molecule has 6 heteroatoms. The van der Waals surface area contributed by atoms with E-state index in [4.69, 9.17) is 11.1 Å². The molecule has 0 N–H and O–H groups in total. The summed E-state index contributed by atoms with van der Waals surface area (Å²) >= 11 is 0. The Morgan fingerprint density at radius 1 is 1.10 bits per heavy atom. The maximum Gasteiger partial charge on any atom is 0.0194 e. The maximum absolute atomic E-state index is 7.96. The summed E-state index contributed by atoms with van der Waals surface area (Å²) < 4.78 is 0. The molecule has 0 bridgehead atoms. The molecule has 0 aromatic rings. The molecule has 0 fully saturated rings. The van der Waals surface area contributed by atoms with Gasteiger partial charge in [-0.1, -0.05) is 6.92 Å². The smallest absolute Gasteiger partial charge is 0.0194 e. The van der Waals surface area contributed by atoms with E-state index in [-0.39, 0.29) is 71.3 Å². The van der Waals surface area contributed by atoms with Crippen molar-refractivity contribution in [1.82, 2.24) is 0 Å². The SMILES string of the molecule is CC(CN=[N-])CN=[N-].[Y].[Y]. The molecule has 0 atom stereocenters. The van der Waals surface area contributed by atoms with Crippen LogP contribution in [-0.2, 0) is 65.4 Å². The quantitative estimate of drug-likeness (QED) is 0.707. The van der Waals surface area contributed by atoms with E-state index in [9.17, 15) is 0 Å². The van der Waals surface area contributed by atoms with Crippen molar-refractivity contribution in [2.24, 2.45) is 16.1 Å². The van der Waals surface area contributed by atoms with Crippen molar-refractivity contribution in [2.45, 2.75) is 6.92 Å². The molecule has 0 rings (SSSR count). The Balaban J connectivity index is -0.000000245. The molecule has 10 heavy (non-hydrogen) atoms. The zero-order valence-electron chi connectivity index (χ0n) is 5.94. The molecule has 0 aliphatic heterocycles. The van der Waals surface area contributed by atoms with Crippen LogP contribution in [-0.4, -0.2) is 13.1 Å². The summed E-state index contributed by atoms with van der Waals surface area (Å²) in [6, 6.07) is 0. The summed E-state index contributed by atoms with van der Waals surface area (Å²) in [5, 5.41) is 5.77. The van der Waals surface area contributed by atoms with Gasteiger partial charge in [-0.05, 0) is 5.92 Å². The molecular formula is C4H8N4Y2-2. The molecule has 0 aliphatic carbocycles. The minimum atomic E-state index is 0. The minimum Gasteiger partial charge on any atom is -0.712 e. The second kappa shape index (κ2) is 13.0. The Morgan fingerprint density at radius 2 is 1.40 bits per heavy atom. The second-order valence-corrected chi connectivity index (χ2v) is 1.75. The van der Waals surface area contributed by atoms with Crippen molar-refractivity contribution < 1.29 is 65.4 Å². The zero-order chi connectivity index (χ0) is 6.41. The molecule has 0 saturated heterocycles. The predicted octanol–water partition coefficient (Wildman–Crippen LogP) is 1.66. The largest absolute Gasteiger partial charge is 0.712 e. The molecule has 0 heterocycles. The molecule has 0 amide bonds. The first-order valence-electron chi connectivity index (χ1n) is 2.43. The van der Waals surface area contributed by atoms with Gasteiger partial charge >= 0.3 is 0 Å². The van der Waals surface area contributed by atoms with Crippen LogP contribution >= 0.6 is 0 Å². The molecule has 0 aromatic carbocycles. The standard InChI is InChI=1S/C4H8N4.2Y/c1-4(2-7-5)3-8-6;;/h4H,2-3H2,1H3;;/q-2;;. The van der Waals surface area contributed by atoms with Gasteiger partial charge in [0.1, 0.15) is 0 Å². The Hall–Kier alpha value is 1.41. The van der Waals surface area contributed by atoms with Crippen LogP contribution in [0, 0.1) is 5.92 Å². The molecular weight excluding hydrogens is 282 g/mol. The third kappa shape index (κ3) is 12.1. The van der Waals surface area contributed by atoms with E-state index in [1.807, 2.05) is 6.92 Å². The van der Waals surface area contributed by atoms with E-state index in [1.54, 1.807) is 0 Å². The van der Waals surface area contributed by atoms with Crippen LogP contribution in [0.3, 0.4) is 0 Å². The number of hydrogen-bond donors (Lipinski definition) is 0. The van der Waals surface area contributed by atoms with E-state index in [0.29, 0.717) is 13.1 Å². The van der Waals surface area contributed by atoms with Gasteiger partial charge in [0, 0.05) is 78.5 Å². The average Bonchev–Trinajstić information content (AvgIpc) is 1.68. The van der Waals surface area contributed by atoms with Gasteiger partial charge in [-0.2, -0.15) is 0 Å². The first kappa shape index (κ1) is 17.5. The van der Waals surface area contributed by atoms with Crippen molar-refractivity contribution in [3.05, 3.63) is 11.1 Å². The van der Waals surface area contributed by atoms with Crippen molar-refractivity contribution >= 4 is 0 Å². The van der Waals surface area contributed by atoms with Gasteiger partial charge in [0.05, 0.1) is 0 Å². The van der Waals surface area contributed by atoms with Crippen LogP contribution < -0.4 is 0 Å². The van der Waals surface area contributed by atoms with Gasteiger partial charge in [0.25, 0.3) is 0 Å². The van der Waals surface area contributed by atoms with Crippen LogP contribution in [0.2, 0.25) is 0 Å². The molecule has 4 nitrogen and oxygen atoms in total. The molecule has 0 aromatic heterocycles. The number of nitrogens with zero attached hydrogens (tertiary/aromatic N) is 4. The fourth-order valence-electron chi connectivity index (χ4n) is 0.337. The first-order valence-corrected chi connectivity index (χ1v) is 2.43. The van der Waals surface area contributed by atoms with Crippen LogP contribution in [0.15, 0.2) is 10.2 Å². The Kier molecular flexibility index (Phi) is 22.8. The summed E-state index contributed by atoms with van der Waals surface area (Å²) in [5.41, 5.74) is 15.9. The van der Waals surface area contributed by atoms with Crippen LogP contribution in [0.25, 0.3) is 11.1 Å². The van der Waals surface area contributed by atoms with Gasteiger partial charge in [0.2, 0.25) is 0 Å². The summed E-state index contributed by atoms with van der Waals surface area (Å²) in [6.07, 6.45) is 0. The third-order valence-corrected chi connectivity index (χ3v) is 0.787. The fraction of sp³-hybridized carbons (Fsp3) is 1.00. The average molecular weight is 290 g/mol. The third-order valence-electron chi connectivity index (χ3n) is 0.787. The second-order valence-electron chi connectivity index (χ2n) is 1.75. The van der Waals surface area contributed by atoms with Crippen molar-refractivity contribution in [1.29, 1.82) is 0 Å². The maximum atomic E-state index is 7.96. The Morgan fingerprint density at radius 3 is 1.60 bits per heavy atom. The summed E-state index contributed by atoms with van der Waals surface area (Å²) in [7, 11) is 0. The van der Waals surface area contributed by atoms with Gasteiger partial charge in [-0.3, -0.25) is 0 Å². The summed E-state index contributed by atoms with van der Waals surface area (Å²) in [4.78, 5) is 0. The molecule has 52 valence electrons. The van der Waals surface area contributed by atoms with E-state index < -0.39 is 0 Å². The number of rotatable bonds is 4. The molecule has 2 radical (unpaired) electrons. The monoisotopic (exact) mass is 290 g/mol. The van der Waals surface area contributed by atoms with E-state index in [2.05, 4.69) is 10.2 Å². The van der Waals surface area contributed by atoms with E-state index in [1.165, 1.54) is 0 Å². The Bertz CT molecular complexity index is 77.3. The molecule has 0 spiro atoms. The van der Waals surface area contributed by atoms with Crippen molar-refractivity contribution in [3.63, 3.8) is 0 Å². The summed E-state index contributed by atoms with van der Waals surface area (Å²) in [5.74, 6) is 0.130. The predicted molar refractivity (Wildman–Crippen MR) is 30.5 cm³/mol. The van der Waals surface area contributed by atoms with Gasteiger partial charge < -0.3 is 21.3 Å². The van der Waals surface area contributed by atoms with Crippen LogP contribution in [0.5, 0.6) is 0 Å². The normalized spacial score (nSPS) is 7.40. The molecule has 0 unspecified atom stereocenters. The number of hydrogen-bond acceptors (Lipinski definition) is 2. The fourth-order valence-corrected chi connectivity index (χ4v) is 0.337. The van der Waals surface area contributed by atoms with Gasteiger partial charge in [-0.15, -0.1) is 0 Å². The summed E-state index contributed by atoms with van der Waals surface area (Å²) in [6.45, 7) is 2.51. The van der Waals surface area contributed by atoms with E-state index in [0.717, 1.165) is 0 Å². The first-order chi connectivity index (χ1) is 3.81. The van der Waals surface area contributed by atoms with Gasteiger partial charge in [-0.25, -0.2) is 0 Å². The minimum absolute atomic E-state index is 0. The van der Waals surface area contributed by atoms with Crippen LogP contribution in [0.1, 0.15) is 6.92 Å². The zero-order valence-corrected chi connectivity index (χ0v) is 11.6. The van der Waals surface area contributed by atoms with Gasteiger partial charge in [0.15, 0.2) is 0 Å². The van der Waals surface area contributed by atoms with Crippen molar-refractivity contribution in [3.8, 4) is 0 Å².